The topological polar surface area (TPSA) is 121 Å². The number of carbonyl (C=O) groups is 3. The summed E-state index contributed by atoms with van der Waals surface area (Å²) < 4.78 is 46.4. The fourth-order valence-corrected chi connectivity index (χ4v) is 6.31. The molecule has 0 unspecified atom stereocenters. The fraction of sp³-hybridized carbons (Fsp3) is 0.630. The quantitative estimate of drug-likeness (QED) is 0.515. The molecule has 9 nitrogen and oxygen atoms in total. The molecule has 2 saturated carbocycles. The molecule has 0 radical (unpaired) electrons. The van der Waals surface area contributed by atoms with Gasteiger partial charge in [-0.05, 0) is 81.0 Å². The number of carbonyl (C=O) groups excluding carboxylic acids is 3. The predicted octanol–water partition coefficient (Wildman–Crippen LogP) is 3.05. The highest BCUT2D eigenvalue weighted by molar-refractivity contribution is 5.89. The average molecular weight is 549 g/mol. The minimum Gasteiger partial charge on any atom is -0.484 e. The van der Waals surface area contributed by atoms with Crippen LogP contribution in [0.4, 0.5) is 13.2 Å². The first-order valence-corrected chi connectivity index (χ1v) is 13.4. The molecule has 5 rings (SSSR count). The Morgan fingerprint density at radius 2 is 1.87 bits per heavy atom. The van der Waals surface area contributed by atoms with Gasteiger partial charge in [-0.3, -0.25) is 14.4 Å². The van der Waals surface area contributed by atoms with E-state index in [2.05, 4.69) is 21.4 Å². The monoisotopic (exact) mass is 548 g/mol. The van der Waals surface area contributed by atoms with E-state index in [0.717, 1.165) is 50.7 Å². The maximum absolute atomic E-state index is 13.4. The molecule has 1 spiro atoms. The van der Waals surface area contributed by atoms with Crippen LogP contribution in [0, 0.1) is 29.1 Å². The second kappa shape index (κ2) is 10.6. The second-order valence-electron chi connectivity index (χ2n) is 11.1. The zero-order valence-corrected chi connectivity index (χ0v) is 21.3. The van der Waals surface area contributed by atoms with Crippen LogP contribution in [0.5, 0.6) is 11.5 Å². The number of nitrogens with zero attached hydrogens (tertiary/aromatic N) is 2. The molecule has 5 atom stereocenters. The van der Waals surface area contributed by atoms with E-state index in [-0.39, 0.29) is 41.4 Å². The van der Waals surface area contributed by atoms with Gasteiger partial charge in [0.2, 0.25) is 11.8 Å². The van der Waals surface area contributed by atoms with Crippen LogP contribution in [0.3, 0.4) is 0 Å². The lowest BCUT2D eigenvalue weighted by Crippen LogP contribution is -2.53. The van der Waals surface area contributed by atoms with Gasteiger partial charge in [-0.2, -0.15) is 5.26 Å². The van der Waals surface area contributed by atoms with Crippen LogP contribution in [-0.4, -0.2) is 59.8 Å². The summed E-state index contributed by atoms with van der Waals surface area (Å²) in [6, 6.07) is 5.21. The van der Waals surface area contributed by atoms with Crippen molar-refractivity contribution in [1.82, 2.24) is 15.5 Å². The number of hydrogen-bond acceptors (Lipinski definition) is 6. The molecular weight excluding hydrogens is 517 g/mol. The molecule has 2 saturated heterocycles. The number of piperidine rings is 1. The largest absolute Gasteiger partial charge is 0.573 e. The van der Waals surface area contributed by atoms with Crippen molar-refractivity contribution in [2.24, 2.45) is 17.8 Å². The third-order valence-electron chi connectivity index (χ3n) is 8.48. The Labute approximate surface area is 224 Å². The van der Waals surface area contributed by atoms with Crippen LogP contribution in [0.1, 0.15) is 51.4 Å². The van der Waals surface area contributed by atoms with Gasteiger partial charge in [0, 0.05) is 18.0 Å². The average Bonchev–Trinajstić information content (AvgIpc) is 3.29. The van der Waals surface area contributed by atoms with E-state index in [4.69, 9.17) is 4.74 Å². The molecule has 2 N–H and O–H groups in total. The summed E-state index contributed by atoms with van der Waals surface area (Å²) in [6.45, 7) is 0.00199. The highest BCUT2D eigenvalue weighted by Crippen LogP contribution is 2.44. The van der Waals surface area contributed by atoms with Crippen molar-refractivity contribution in [1.29, 1.82) is 5.26 Å². The second-order valence-corrected chi connectivity index (χ2v) is 11.1. The van der Waals surface area contributed by atoms with Gasteiger partial charge in [-0.15, -0.1) is 13.2 Å². The first-order chi connectivity index (χ1) is 18.6. The standard InChI is InChI=1S/C27H31F3N4O5/c28-27(29,30)39-20-6-4-19(5-7-20)38-15-22(35)34-14-17-2-1-3-21(17)23(34)25(37)32-18(13-31)12-16-8-9-26(10-11-26)33-24(16)36/h4-7,16-18,21,23H,1-3,8-12,14-15H2,(H,32,37)(H,33,36)/t16-,17-,18-,21-,23-/m0/s1. The Morgan fingerprint density at radius 3 is 2.51 bits per heavy atom. The number of nitrogens with one attached hydrogen (secondary N) is 2. The van der Waals surface area contributed by atoms with Crippen molar-refractivity contribution in [2.45, 2.75) is 75.4 Å². The summed E-state index contributed by atoms with van der Waals surface area (Å²) in [6.07, 6.45) is 1.57. The first-order valence-electron chi connectivity index (χ1n) is 13.4. The molecule has 4 aliphatic rings. The van der Waals surface area contributed by atoms with E-state index in [1.54, 1.807) is 0 Å². The third-order valence-corrected chi connectivity index (χ3v) is 8.48. The molecule has 0 bridgehead atoms. The molecule has 1 aromatic rings. The number of hydrogen-bond donors (Lipinski definition) is 2. The molecule has 4 fully saturated rings. The van der Waals surface area contributed by atoms with E-state index in [1.165, 1.54) is 17.0 Å². The minimum atomic E-state index is -4.81. The van der Waals surface area contributed by atoms with Crippen molar-refractivity contribution < 1.29 is 37.0 Å². The van der Waals surface area contributed by atoms with E-state index in [9.17, 15) is 32.8 Å². The maximum Gasteiger partial charge on any atom is 0.573 e. The molecule has 3 amide bonds. The molecule has 2 heterocycles. The van der Waals surface area contributed by atoms with Crippen molar-refractivity contribution >= 4 is 17.7 Å². The Kier molecular flexibility index (Phi) is 7.35. The minimum absolute atomic E-state index is 0.0280. The Balaban J connectivity index is 1.19. The van der Waals surface area contributed by atoms with Crippen molar-refractivity contribution in [3.05, 3.63) is 24.3 Å². The Morgan fingerprint density at radius 1 is 1.15 bits per heavy atom. The Bertz CT molecular complexity index is 1150. The van der Waals surface area contributed by atoms with E-state index >= 15 is 0 Å². The molecule has 39 heavy (non-hydrogen) atoms. The number of nitriles is 1. The molecule has 1 aromatic carbocycles. The summed E-state index contributed by atoms with van der Waals surface area (Å²) in [5.41, 5.74) is -0.0535. The van der Waals surface area contributed by atoms with E-state index in [1.807, 2.05) is 0 Å². The zero-order valence-electron chi connectivity index (χ0n) is 21.3. The van der Waals surface area contributed by atoms with Gasteiger partial charge in [-0.25, -0.2) is 0 Å². The number of benzene rings is 1. The fourth-order valence-electron chi connectivity index (χ4n) is 6.31. The summed E-state index contributed by atoms with van der Waals surface area (Å²) in [7, 11) is 0. The van der Waals surface area contributed by atoms with Gasteiger partial charge in [0.25, 0.3) is 5.91 Å². The van der Waals surface area contributed by atoms with Gasteiger partial charge in [-0.1, -0.05) is 6.42 Å². The van der Waals surface area contributed by atoms with E-state index < -0.39 is 42.6 Å². The number of halogens is 3. The van der Waals surface area contributed by atoms with Gasteiger partial charge < -0.3 is 25.0 Å². The van der Waals surface area contributed by atoms with Crippen molar-refractivity contribution in [2.75, 3.05) is 13.2 Å². The Hall–Kier alpha value is -3.49. The number of alkyl halides is 3. The zero-order chi connectivity index (χ0) is 27.8. The number of fused-ring (bicyclic) bond motifs is 1. The van der Waals surface area contributed by atoms with Gasteiger partial charge in [0.15, 0.2) is 6.61 Å². The van der Waals surface area contributed by atoms with Crippen LogP contribution < -0.4 is 20.1 Å². The van der Waals surface area contributed by atoms with Crippen LogP contribution in [0.25, 0.3) is 0 Å². The van der Waals surface area contributed by atoms with Crippen LogP contribution >= 0.6 is 0 Å². The summed E-state index contributed by atoms with van der Waals surface area (Å²) in [5, 5.41) is 15.6. The molecular formula is C27H31F3N4O5. The molecule has 2 aliphatic carbocycles. The maximum atomic E-state index is 13.4. The third kappa shape index (κ3) is 6.23. The normalized spacial score (nSPS) is 27.7. The van der Waals surface area contributed by atoms with Crippen LogP contribution in [-0.2, 0) is 14.4 Å². The van der Waals surface area contributed by atoms with Gasteiger partial charge >= 0.3 is 6.36 Å². The molecule has 0 aromatic heterocycles. The van der Waals surface area contributed by atoms with Crippen molar-refractivity contribution in [3.8, 4) is 17.6 Å². The smallest absolute Gasteiger partial charge is 0.484 e. The summed E-state index contributed by atoms with van der Waals surface area (Å²) in [4.78, 5) is 40.6. The number of rotatable bonds is 8. The molecule has 12 heteroatoms. The lowest BCUT2D eigenvalue weighted by Gasteiger charge is -2.31. The summed E-state index contributed by atoms with van der Waals surface area (Å²) >= 11 is 0. The molecule has 210 valence electrons. The number of likely N-dealkylation sites (tertiary alicyclic amines) is 1. The highest BCUT2D eigenvalue weighted by atomic mass is 19.4. The lowest BCUT2D eigenvalue weighted by atomic mass is 9.87. The first kappa shape index (κ1) is 27.1. The lowest BCUT2D eigenvalue weighted by molar-refractivity contribution is -0.274. The van der Waals surface area contributed by atoms with Crippen LogP contribution in [0.15, 0.2) is 24.3 Å². The summed E-state index contributed by atoms with van der Waals surface area (Å²) in [5.74, 6) is -1.33. The van der Waals surface area contributed by atoms with Gasteiger partial charge in [0.05, 0.1) is 6.07 Å². The van der Waals surface area contributed by atoms with E-state index in [0.29, 0.717) is 13.0 Å². The van der Waals surface area contributed by atoms with Crippen molar-refractivity contribution in [3.63, 3.8) is 0 Å². The van der Waals surface area contributed by atoms with Crippen LogP contribution in [0.2, 0.25) is 0 Å². The predicted molar refractivity (Wildman–Crippen MR) is 130 cm³/mol. The molecule has 2 aliphatic heterocycles. The number of ether oxygens (including phenoxy) is 2. The SMILES string of the molecule is N#C[C@H](C[C@@H]1CCC2(CC2)NC1=O)NC(=O)[C@@H]1[C@H]2CCC[C@H]2CN1C(=O)COc1ccc(OC(F)(F)F)cc1. The van der Waals surface area contributed by atoms with Gasteiger partial charge in [0.1, 0.15) is 23.6 Å². The number of amides is 3. The highest BCUT2D eigenvalue weighted by Gasteiger charge is 2.51.